The Hall–Kier alpha value is -4.17. The number of benzene rings is 3. The number of nitrogens with one attached hydrogen (secondary N) is 2. The largest absolute Gasteiger partial charge is 0.495 e. The fraction of sp³-hybridized carbons (Fsp3) is 0.0833. The molecule has 0 aliphatic carbocycles. The van der Waals surface area contributed by atoms with E-state index in [1.54, 1.807) is 19.2 Å². The molecule has 0 radical (unpaired) electrons. The van der Waals surface area contributed by atoms with Crippen molar-refractivity contribution in [2.45, 2.75) is 0 Å². The summed E-state index contributed by atoms with van der Waals surface area (Å²) in [6, 6.07) is 20.4. The lowest BCUT2D eigenvalue weighted by atomic mass is 10.2. The molecule has 0 saturated carbocycles. The second-order valence-corrected chi connectivity index (χ2v) is 7.27. The number of aromatic nitrogens is 2. The van der Waals surface area contributed by atoms with E-state index in [1.807, 2.05) is 54.6 Å². The molecule has 0 atom stereocenters. The molecule has 1 aromatic heterocycles. The summed E-state index contributed by atoms with van der Waals surface area (Å²) in [6.45, 7) is 0. The maximum atomic E-state index is 6.32. The van der Waals surface area contributed by atoms with Crippen LogP contribution in [-0.4, -0.2) is 24.2 Å². The minimum absolute atomic E-state index is 0.330. The number of methoxy groups -OCH3 is 2. The topological polar surface area (TPSA) is 104 Å². The molecule has 33 heavy (non-hydrogen) atoms. The Labute approximate surface area is 196 Å². The van der Waals surface area contributed by atoms with E-state index in [2.05, 4.69) is 20.6 Å². The highest BCUT2D eigenvalue weighted by atomic mass is 35.5. The van der Waals surface area contributed by atoms with E-state index >= 15 is 0 Å². The van der Waals surface area contributed by atoms with E-state index in [9.17, 15) is 0 Å². The maximum Gasteiger partial charge on any atom is 0.159 e. The van der Waals surface area contributed by atoms with Crippen molar-refractivity contribution in [2.24, 2.45) is 0 Å². The minimum Gasteiger partial charge on any atom is -0.495 e. The minimum atomic E-state index is 0.330. The van der Waals surface area contributed by atoms with Crippen molar-refractivity contribution < 1.29 is 14.2 Å². The zero-order valence-electron chi connectivity index (χ0n) is 18.0. The Kier molecular flexibility index (Phi) is 6.66. The summed E-state index contributed by atoms with van der Waals surface area (Å²) in [6.07, 6.45) is 1.41. The van der Waals surface area contributed by atoms with Crippen molar-refractivity contribution in [3.63, 3.8) is 0 Å². The Morgan fingerprint density at radius 1 is 0.788 bits per heavy atom. The van der Waals surface area contributed by atoms with Crippen LogP contribution >= 0.6 is 11.6 Å². The van der Waals surface area contributed by atoms with Crippen LogP contribution in [0.25, 0.3) is 0 Å². The number of rotatable bonds is 8. The Morgan fingerprint density at radius 3 is 2.09 bits per heavy atom. The normalized spacial score (nSPS) is 10.4. The lowest BCUT2D eigenvalue weighted by Gasteiger charge is -2.16. The summed E-state index contributed by atoms with van der Waals surface area (Å²) in [5, 5.41) is 6.76. The van der Waals surface area contributed by atoms with Crippen molar-refractivity contribution in [3.05, 3.63) is 78.1 Å². The molecule has 168 valence electrons. The van der Waals surface area contributed by atoms with Crippen molar-refractivity contribution in [1.82, 2.24) is 9.97 Å². The molecular formula is C24H22ClN5O3. The van der Waals surface area contributed by atoms with Gasteiger partial charge in [-0.2, -0.15) is 0 Å². The summed E-state index contributed by atoms with van der Waals surface area (Å²) in [5.74, 6) is 3.35. The van der Waals surface area contributed by atoms with Crippen LogP contribution in [0.4, 0.5) is 28.7 Å². The molecule has 0 spiro atoms. The smallest absolute Gasteiger partial charge is 0.159 e. The summed E-state index contributed by atoms with van der Waals surface area (Å²) in [5.41, 5.74) is 8.03. The van der Waals surface area contributed by atoms with Crippen LogP contribution in [0.5, 0.6) is 23.0 Å². The third kappa shape index (κ3) is 5.19. The molecule has 4 rings (SSSR count). The molecule has 0 amide bonds. The molecule has 0 unspecified atom stereocenters. The average molecular weight is 464 g/mol. The molecule has 0 fully saturated rings. The fourth-order valence-corrected chi connectivity index (χ4v) is 3.29. The highest BCUT2D eigenvalue weighted by molar-refractivity contribution is 6.32. The number of hydrogen-bond acceptors (Lipinski definition) is 8. The summed E-state index contributed by atoms with van der Waals surface area (Å²) < 4.78 is 16.5. The highest BCUT2D eigenvalue weighted by Crippen LogP contribution is 2.38. The number of nitrogens with zero attached hydrogens (tertiary/aromatic N) is 2. The van der Waals surface area contributed by atoms with Gasteiger partial charge < -0.3 is 30.6 Å². The van der Waals surface area contributed by atoms with Crippen molar-refractivity contribution in [2.75, 3.05) is 30.6 Å². The van der Waals surface area contributed by atoms with Gasteiger partial charge in [0.15, 0.2) is 11.6 Å². The number of hydrogen-bond donors (Lipinski definition) is 3. The van der Waals surface area contributed by atoms with Gasteiger partial charge in [-0.15, -0.1) is 0 Å². The predicted molar refractivity (Wildman–Crippen MR) is 131 cm³/mol. The van der Waals surface area contributed by atoms with Crippen LogP contribution < -0.4 is 30.6 Å². The number of para-hydroxylation sites is 1. The zero-order valence-corrected chi connectivity index (χ0v) is 18.8. The SMILES string of the molecule is COc1cc(OC)c(Nc2ncnc(Nc3ccc(Oc4ccccc4)cc3)c2N)cc1Cl. The van der Waals surface area contributed by atoms with E-state index in [4.69, 9.17) is 31.5 Å². The van der Waals surface area contributed by atoms with Gasteiger partial charge in [0.25, 0.3) is 0 Å². The summed E-state index contributed by atoms with van der Waals surface area (Å²) in [4.78, 5) is 8.51. The van der Waals surface area contributed by atoms with Gasteiger partial charge in [0, 0.05) is 11.8 Å². The van der Waals surface area contributed by atoms with E-state index in [0.717, 1.165) is 11.4 Å². The maximum absolute atomic E-state index is 6.32. The van der Waals surface area contributed by atoms with Crippen molar-refractivity contribution in [3.8, 4) is 23.0 Å². The van der Waals surface area contributed by atoms with Crippen LogP contribution in [0.2, 0.25) is 5.02 Å². The first-order valence-corrected chi connectivity index (χ1v) is 10.3. The molecular weight excluding hydrogens is 442 g/mol. The molecule has 4 N–H and O–H groups in total. The predicted octanol–water partition coefficient (Wildman–Crippen LogP) is 6.01. The van der Waals surface area contributed by atoms with Gasteiger partial charge >= 0.3 is 0 Å². The van der Waals surface area contributed by atoms with Crippen LogP contribution in [0.3, 0.4) is 0 Å². The summed E-state index contributed by atoms with van der Waals surface area (Å²) >= 11 is 6.26. The van der Waals surface area contributed by atoms with Gasteiger partial charge in [0.2, 0.25) is 0 Å². The lowest BCUT2D eigenvalue weighted by Crippen LogP contribution is -2.06. The molecule has 8 nitrogen and oxygen atoms in total. The second-order valence-electron chi connectivity index (χ2n) is 6.86. The van der Waals surface area contributed by atoms with Crippen LogP contribution in [0.1, 0.15) is 0 Å². The lowest BCUT2D eigenvalue weighted by molar-refractivity contribution is 0.396. The van der Waals surface area contributed by atoms with E-state index in [0.29, 0.717) is 45.3 Å². The molecule has 3 aromatic carbocycles. The van der Waals surface area contributed by atoms with E-state index in [-0.39, 0.29) is 0 Å². The highest BCUT2D eigenvalue weighted by Gasteiger charge is 2.14. The van der Waals surface area contributed by atoms with E-state index in [1.165, 1.54) is 13.4 Å². The average Bonchev–Trinajstić information content (AvgIpc) is 2.84. The van der Waals surface area contributed by atoms with Crippen LogP contribution in [-0.2, 0) is 0 Å². The van der Waals surface area contributed by atoms with Crippen molar-refractivity contribution in [1.29, 1.82) is 0 Å². The van der Waals surface area contributed by atoms with Gasteiger partial charge in [0.05, 0.1) is 24.9 Å². The molecule has 0 bridgehead atoms. The quantitative estimate of drug-likeness (QED) is 0.292. The number of nitrogen functional groups attached to an aromatic ring is 1. The first-order valence-electron chi connectivity index (χ1n) is 9.96. The first-order chi connectivity index (χ1) is 16.1. The van der Waals surface area contributed by atoms with Gasteiger partial charge in [-0.05, 0) is 42.5 Å². The fourth-order valence-electron chi connectivity index (χ4n) is 3.05. The van der Waals surface area contributed by atoms with Crippen LogP contribution in [0, 0.1) is 0 Å². The third-order valence-corrected chi connectivity index (χ3v) is 5.00. The summed E-state index contributed by atoms with van der Waals surface area (Å²) in [7, 11) is 3.09. The zero-order chi connectivity index (χ0) is 23.2. The third-order valence-electron chi connectivity index (χ3n) is 4.71. The van der Waals surface area contributed by atoms with Gasteiger partial charge in [-0.3, -0.25) is 0 Å². The number of halogens is 1. The Balaban J connectivity index is 1.51. The standard InChI is InChI=1S/C24H22ClN5O3/c1-31-20-13-21(32-2)19(12-18(20)25)30-24-22(26)23(27-14-28-24)29-15-8-10-17(11-9-15)33-16-6-4-3-5-7-16/h3-14H,26H2,1-2H3,(H2,27,28,29,30). The number of nitrogens with two attached hydrogens (primary N) is 1. The van der Waals surface area contributed by atoms with Crippen LogP contribution in [0.15, 0.2) is 73.1 Å². The van der Waals surface area contributed by atoms with Crippen molar-refractivity contribution >= 4 is 40.3 Å². The first kappa shape index (κ1) is 22.0. The molecule has 9 heteroatoms. The number of ether oxygens (including phenoxy) is 3. The Bertz CT molecular complexity index is 1240. The molecule has 0 aliphatic heterocycles. The second kappa shape index (κ2) is 9.97. The van der Waals surface area contributed by atoms with Gasteiger partial charge in [0.1, 0.15) is 35.0 Å². The molecule has 1 heterocycles. The van der Waals surface area contributed by atoms with Gasteiger partial charge in [-0.25, -0.2) is 9.97 Å². The monoisotopic (exact) mass is 463 g/mol. The molecule has 4 aromatic rings. The van der Waals surface area contributed by atoms with E-state index < -0.39 is 0 Å². The number of anilines is 5. The Morgan fingerprint density at radius 2 is 1.42 bits per heavy atom. The molecule has 0 saturated heterocycles. The molecule has 0 aliphatic rings. The van der Waals surface area contributed by atoms with Gasteiger partial charge in [-0.1, -0.05) is 29.8 Å².